The van der Waals surface area contributed by atoms with Gasteiger partial charge in [-0.1, -0.05) is 6.07 Å². The molecule has 0 atom stereocenters. The molecule has 0 aliphatic rings. The fraction of sp³-hybridized carbons (Fsp3) is 0.200. The van der Waals surface area contributed by atoms with E-state index in [1.165, 1.54) is 0 Å². The lowest BCUT2D eigenvalue weighted by molar-refractivity contribution is -0.136. The molecule has 0 heterocycles. The summed E-state index contributed by atoms with van der Waals surface area (Å²) < 4.78 is 0.637. The van der Waals surface area contributed by atoms with Crippen molar-refractivity contribution in [1.82, 2.24) is 5.32 Å². The molecule has 0 radical (unpaired) electrons. The molecule has 0 aromatic heterocycles. The summed E-state index contributed by atoms with van der Waals surface area (Å²) in [5.41, 5.74) is 6.37. The van der Waals surface area contributed by atoms with Gasteiger partial charge in [0.15, 0.2) is 0 Å². The van der Waals surface area contributed by atoms with Crippen molar-refractivity contribution in [3.8, 4) is 0 Å². The van der Waals surface area contributed by atoms with E-state index in [0.717, 1.165) is 0 Å². The molecule has 1 aromatic rings. The van der Waals surface area contributed by atoms with E-state index in [1.54, 1.807) is 18.2 Å². The third kappa shape index (κ3) is 3.23. The van der Waals surface area contributed by atoms with E-state index in [2.05, 4.69) is 21.2 Å². The second-order valence-electron chi connectivity index (χ2n) is 3.10. The average Bonchev–Trinajstić information content (AvgIpc) is 2.21. The van der Waals surface area contributed by atoms with E-state index >= 15 is 0 Å². The summed E-state index contributed by atoms with van der Waals surface area (Å²) >= 11 is 3.21. The maximum atomic E-state index is 11.6. The molecule has 0 aliphatic heterocycles. The standard InChI is InChI=1S/C10H11BrN2O3/c11-7-3-1-2-6(9(7)12)10(16)13-5-4-8(14)15/h1-3H,4-5,12H2,(H,13,16)(H,14,15). The Kier molecular flexibility index (Phi) is 4.30. The van der Waals surface area contributed by atoms with Gasteiger partial charge in [-0.2, -0.15) is 0 Å². The number of benzene rings is 1. The van der Waals surface area contributed by atoms with Gasteiger partial charge in [0, 0.05) is 11.0 Å². The number of hydrogen-bond acceptors (Lipinski definition) is 3. The fourth-order valence-corrected chi connectivity index (χ4v) is 1.48. The highest BCUT2D eigenvalue weighted by Gasteiger charge is 2.11. The van der Waals surface area contributed by atoms with Crippen LogP contribution >= 0.6 is 15.9 Å². The van der Waals surface area contributed by atoms with Gasteiger partial charge in [-0.25, -0.2) is 0 Å². The Labute approximate surface area is 101 Å². The lowest BCUT2D eigenvalue weighted by Gasteiger charge is -2.07. The number of carbonyl (C=O) groups is 2. The average molecular weight is 287 g/mol. The fourth-order valence-electron chi connectivity index (χ4n) is 1.11. The summed E-state index contributed by atoms with van der Waals surface area (Å²) in [6.45, 7) is 0.0835. The second-order valence-corrected chi connectivity index (χ2v) is 3.96. The van der Waals surface area contributed by atoms with Crippen molar-refractivity contribution < 1.29 is 14.7 Å². The number of rotatable bonds is 4. The molecule has 1 amide bonds. The molecule has 0 fully saturated rings. The first kappa shape index (κ1) is 12.5. The van der Waals surface area contributed by atoms with E-state index in [4.69, 9.17) is 10.8 Å². The van der Waals surface area contributed by atoms with Crippen LogP contribution in [0.3, 0.4) is 0 Å². The Hall–Kier alpha value is -1.56. The van der Waals surface area contributed by atoms with Crippen molar-refractivity contribution in [2.75, 3.05) is 12.3 Å². The Morgan fingerprint density at radius 1 is 1.44 bits per heavy atom. The lowest BCUT2D eigenvalue weighted by Crippen LogP contribution is -2.26. The number of carboxylic acid groups (broad SMARTS) is 1. The molecule has 5 nitrogen and oxygen atoms in total. The molecule has 16 heavy (non-hydrogen) atoms. The minimum Gasteiger partial charge on any atom is -0.481 e. The maximum absolute atomic E-state index is 11.6. The predicted octanol–water partition coefficient (Wildman–Crippen LogP) is 1.24. The van der Waals surface area contributed by atoms with Gasteiger partial charge in [-0.15, -0.1) is 0 Å². The van der Waals surface area contributed by atoms with E-state index in [9.17, 15) is 9.59 Å². The Morgan fingerprint density at radius 2 is 2.12 bits per heavy atom. The molecule has 4 N–H and O–H groups in total. The van der Waals surface area contributed by atoms with Crippen molar-refractivity contribution in [2.45, 2.75) is 6.42 Å². The molecular weight excluding hydrogens is 276 g/mol. The van der Waals surface area contributed by atoms with Crippen molar-refractivity contribution >= 4 is 33.5 Å². The molecule has 0 saturated heterocycles. The number of carboxylic acids is 1. The summed E-state index contributed by atoms with van der Waals surface area (Å²) in [6.07, 6.45) is -0.111. The van der Waals surface area contributed by atoms with Crippen molar-refractivity contribution in [3.63, 3.8) is 0 Å². The summed E-state index contributed by atoms with van der Waals surface area (Å²) in [5, 5.41) is 10.9. The lowest BCUT2D eigenvalue weighted by atomic mass is 10.1. The second kappa shape index (κ2) is 5.50. The molecule has 0 aliphatic carbocycles. The van der Waals surface area contributed by atoms with Crippen LogP contribution < -0.4 is 11.1 Å². The van der Waals surface area contributed by atoms with Crippen molar-refractivity contribution in [3.05, 3.63) is 28.2 Å². The zero-order chi connectivity index (χ0) is 12.1. The van der Waals surface area contributed by atoms with Crippen LogP contribution in [-0.2, 0) is 4.79 Å². The number of nitrogens with one attached hydrogen (secondary N) is 1. The number of carbonyl (C=O) groups excluding carboxylic acids is 1. The molecule has 0 bridgehead atoms. The minimum absolute atomic E-state index is 0.0835. The molecule has 0 saturated carbocycles. The van der Waals surface area contributed by atoms with Gasteiger partial charge in [0.25, 0.3) is 5.91 Å². The molecule has 0 unspecified atom stereocenters. The number of halogens is 1. The van der Waals surface area contributed by atoms with Crippen LogP contribution in [0.2, 0.25) is 0 Å². The molecule has 86 valence electrons. The summed E-state index contributed by atoms with van der Waals surface area (Å²) in [6, 6.07) is 4.99. The number of amides is 1. The van der Waals surface area contributed by atoms with Gasteiger partial charge in [0.2, 0.25) is 0 Å². The maximum Gasteiger partial charge on any atom is 0.305 e. The number of nitrogen functional groups attached to an aromatic ring is 1. The van der Waals surface area contributed by atoms with Gasteiger partial charge in [-0.3, -0.25) is 9.59 Å². The number of hydrogen-bond donors (Lipinski definition) is 3. The van der Waals surface area contributed by atoms with E-state index < -0.39 is 5.97 Å². The van der Waals surface area contributed by atoms with Gasteiger partial charge >= 0.3 is 5.97 Å². The third-order valence-electron chi connectivity index (χ3n) is 1.92. The van der Waals surface area contributed by atoms with Crippen LogP contribution in [0.4, 0.5) is 5.69 Å². The van der Waals surface area contributed by atoms with E-state index in [-0.39, 0.29) is 18.9 Å². The van der Waals surface area contributed by atoms with Crippen LogP contribution in [0.5, 0.6) is 0 Å². The van der Waals surface area contributed by atoms with E-state index in [0.29, 0.717) is 15.7 Å². The number of para-hydroxylation sites is 1. The van der Waals surface area contributed by atoms with Gasteiger partial charge in [0.05, 0.1) is 17.7 Å². The van der Waals surface area contributed by atoms with Crippen molar-refractivity contribution in [2.24, 2.45) is 0 Å². The number of nitrogens with two attached hydrogens (primary N) is 1. The summed E-state index contributed by atoms with van der Waals surface area (Å²) in [7, 11) is 0. The van der Waals surface area contributed by atoms with Gasteiger partial charge in [-0.05, 0) is 28.1 Å². The van der Waals surface area contributed by atoms with Gasteiger partial charge in [0.1, 0.15) is 0 Å². The quantitative estimate of drug-likeness (QED) is 0.726. The topological polar surface area (TPSA) is 92.4 Å². The van der Waals surface area contributed by atoms with Crippen molar-refractivity contribution in [1.29, 1.82) is 0 Å². The first-order chi connectivity index (χ1) is 7.52. The zero-order valence-corrected chi connectivity index (χ0v) is 9.95. The van der Waals surface area contributed by atoms with Gasteiger partial charge < -0.3 is 16.2 Å². The largest absolute Gasteiger partial charge is 0.481 e. The highest BCUT2D eigenvalue weighted by atomic mass is 79.9. The molecule has 1 rings (SSSR count). The smallest absolute Gasteiger partial charge is 0.305 e. The molecule has 6 heteroatoms. The van der Waals surface area contributed by atoms with Crippen LogP contribution in [0.15, 0.2) is 22.7 Å². The zero-order valence-electron chi connectivity index (χ0n) is 8.37. The predicted molar refractivity (Wildman–Crippen MR) is 63.1 cm³/mol. The first-order valence-electron chi connectivity index (χ1n) is 4.56. The number of anilines is 1. The van der Waals surface area contributed by atoms with Crippen LogP contribution in [0.25, 0.3) is 0 Å². The first-order valence-corrected chi connectivity index (χ1v) is 5.35. The Morgan fingerprint density at radius 3 is 2.75 bits per heavy atom. The SMILES string of the molecule is Nc1c(Br)cccc1C(=O)NCCC(=O)O. The van der Waals surface area contributed by atoms with Crippen LogP contribution in [0, 0.1) is 0 Å². The van der Waals surface area contributed by atoms with Crippen LogP contribution in [0.1, 0.15) is 16.8 Å². The highest BCUT2D eigenvalue weighted by Crippen LogP contribution is 2.22. The summed E-state index contributed by atoms with van der Waals surface area (Å²) in [5.74, 6) is -1.33. The monoisotopic (exact) mass is 286 g/mol. The normalized spacial score (nSPS) is 9.81. The van der Waals surface area contributed by atoms with E-state index in [1.807, 2.05) is 0 Å². The molecule has 1 aromatic carbocycles. The Balaban J connectivity index is 2.66. The molecule has 0 spiro atoms. The minimum atomic E-state index is -0.956. The third-order valence-corrected chi connectivity index (χ3v) is 2.61. The van der Waals surface area contributed by atoms with Crippen LogP contribution in [-0.4, -0.2) is 23.5 Å². The Bertz CT molecular complexity index is 421. The summed E-state index contributed by atoms with van der Waals surface area (Å²) in [4.78, 5) is 21.8. The highest BCUT2D eigenvalue weighted by molar-refractivity contribution is 9.10. The molecular formula is C10H11BrN2O3. The number of aliphatic carboxylic acids is 1.